The lowest BCUT2D eigenvalue weighted by Gasteiger charge is -2.12. The van der Waals surface area contributed by atoms with E-state index in [1.54, 1.807) is 27.7 Å². The van der Waals surface area contributed by atoms with Gasteiger partial charge in [-0.1, -0.05) is 0 Å². The summed E-state index contributed by atoms with van der Waals surface area (Å²) >= 11 is 0. The predicted molar refractivity (Wildman–Crippen MR) is 60.2 cm³/mol. The molecule has 0 bridgehead atoms. The second-order valence-electron chi connectivity index (χ2n) is 3.92. The zero-order valence-electron chi connectivity index (χ0n) is 10.2. The highest BCUT2D eigenvalue weighted by molar-refractivity contribution is 5.49. The summed E-state index contributed by atoms with van der Waals surface area (Å²) in [6.07, 6.45) is 0.758. The zero-order valence-corrected chi connectivity index (χ0v) is 10.2. The van der Waals surface area contributed by atoms with Crippen LogP contribution in [0.5, 0.6) is 11.8 Å². The average molecular weight is 241 g/mol. The Labute approximate surface area is 98.9 Å². The number of hydrogen-bond donors (Lipinski definition) is 0. The second-order valence-corrected chi connectivity index (χ2v) is 3.92. The lowest BCUT2D eigenvalue weighted by molar-refractivity contribution is -0.387. The van der Waals surface area contributed by atoms with Crippen molar-refractivity contribution < 1.29 is 14.4 Å². The van der Waals surface area contributed by atoms with Crippen LogP contribution in [0.2, 0.25) is 0 Å². The van der Waals surface area contributed by atoms with Crippen LogP contribution in [0, 0.1) is 10.1 Å². The first-order chi connectivity index (χ1) is 7.91. The van der Waals surface area contributed by atoms with Crippen molar-refractivity contribution in [2.24, 2.45) is 0 Å². The summed E-state index contributed by atoms with van der Waals surface area (Å²) in [5, 5.41) is 11.0. The van der Waals surface area contributed by atoms with Crippen LogP contribution in [-0.4, -0.2) is 27.1 Å². The van der Waals surface area contributed by atoms with Crippen LogP contribution >= 0.6 is 0 Å². The summed E-state index contributed by atoms with van der Waals surface area (Å²) < 4.78 is 10.5. The molecule has 0 saturated heterocycles. The van der Waals surface area contributed by atoms with Crippen molar-refractivity contribution in [1.82, 2.24) is 9.97 Å². The van der Waals surface area contributed by atoms with E-state index in [0.717, 1.165) is 0 Å². The summed E-state index contributed by atoms with van der Waals surface area (Å²) in [5.74, 6) is -0.147. The normalized spacial score (nSPS) is 10.7. The Kier molecular flexibility index (Phi) is 4.19. The van der Waals surface area contributed by atoms with Gasteiger partial charge in [-0.05, 0) is 27.7 Å². The van der Waals surface area contributed by atoms with Gasteiger partial charge in [-0.25, -0.2) is 0 Å². The molecule has 0 atom stereocenters. The molecule has 0 aliphatic heterocycles. The minimum absolute atomic E-state index is 0.0735. The van der Waals surface area contributed by atoms with Crippen LogP contribution in [0.4, 0.5) is 5.69 Å². The van der Waals surface area contributed by atoms with Crippen molar-refractivity contribution in [1.29, 1.82) is 0 Å². The average Bonchev–Trinajstić information content (AvgIpc) is 2.14. The summed E-state index contributed by atoms with van der Waals surface area (Å²) in [5.41, 5.74) is -0.338. The van der Waals surface area contributed by atoms with Gasteiger partial charge in [0.2, 0.25) is 0 Å². The fraction of sp³-hybridized carbons (Fsp3) is 0.600. The maximum Gasteiger partial charge on any atom is 0.392 e. The Morgan fingerprint density at radius 2 is 1.53 bits per heavy atom. The maximum atomic E-state index is 11.0. The van der Waals surface area contributed by atoms with Crippen molar-refractivity contribution in [3.05, 3.63) is 16.4 Å². The van der Waals surface area contributed by atoms with Crippen LogP contribution in [0.25, 0.3) is 0 Å². The highest BCUT2D eigenvalue weighted by Crippen LogP contribution is 2.33. The monoisotopic (exact) mass is 241 g/mol. The summed E-state index contributed by atoms with van der Waals surface area (Å²) in [4.78, 5) is 17.9. The van der Waals surface area contributed by atoms with Gasteiger partial charge in [-0.2, -0.15) is 9.97 Å². The predicted octanol–water partition coefficient (Wildman–Crippen LogP) is 1.96. The van der Waals surface area contributed by atoms with Gasteiger partial charge < -0.3 is 9.47 Å². The Morgan fingerprint density at radius 3 is 1.82 bits per heavy atom. The first-order valence-corrected chi connectivity index (χ1v) is 5.24. The number of nitro groups is 1. The smallest absolute Gasteiger partial charge is 0.392 e. The van der Waals surface area contributed by atoms with Crippen molar-refractivity contribution in [2.75, 3.05) is 0 Å². The van der Waals surface area contributed by atoms with Crippen LogP contribution in [0.1, 0.15) is 27.7 Å². The van der Waals surface area contributed by atoms with Gasteiger partial charge in [-0.3, -0.25) is 10.1 Å². The lowest BCUT2D eigenvalue weighted by atomic mass is 10.4. The second kappa shape index (κ2) is 5.42. The number of aromatic nitrogens is 2. The molecule has 0 aromatic carbocycles. The van der Waals surface area contributed by atoms with Crippen molar-refractivity contribution >= 4 is 5.69 Å². The quantitative estimate of drug-likeness (QED) is 0.578. The van der Waals surface area contributed by atoms with Gasteiger partial charge in [0, 0.05) is 0 Å². The molecule has 0 N–H and O–H groups in total. The molecule has 0 fully saturated rings. The number of rotatable bonds is 5. The molecule has 0 radical (unpaired) electrons. The molecule has 0 aliphatic carbocycles. The van der Waals surface area contributed by atoms with Gasteiger partial charge in [0.05, 0.1) is 17.1 Å². The summed E-state index contributed by atoms with van der Waals surface area (Å²) in [6, 6.07) is 0. The third kappa shape index (κ3) is 3.54. The third-order valence-electron chi connectivity index (χ3n) is 1.63. The fourth-order valence-electron chi connectivity index (χ4n) is 1.12. The van der Waals surface area contributed by atoms with E-state index in [4.69, 9.17) is 9.47 Å². The molecule has 0 spiro atoms. The van der Waals surface area contributed by atoms with E-state index in [9.17, 15) is 10.1 Å². The van der Waals surface area contributed by atoms with E-state index in [-0.39, 0.29) is 29.7 Å². The Hall–Kier alpha value is -1.92. The number of hydrogen-bond acceptors (Lipinski definition) is 6. The molecule has 1 aromatic rings. The van der Waals surface area contributed by atoms with Crippen LogP contribution in [0.15, 0.2) is 6.33 Å². The maximum absolute atomic E-state index is 11.0. The number of ether oxygens (including phenoxy) is 2. The molecule has 1 rings (SSSR count). The van der Waals surface area contributed by atoms with E-state index < -0.39 is 4.92 Å². The Balaban J connectivity index is 3.17. The minimum Gasteiger partial charge on any atom is -0.470 e. The van der Waals surface area contributed by atoms with Gasteiger partial charge in [0.15, 0.2) is 0 Å². The van der Waals surface area contributed by atoms with Crippen molar-refractivity contribution in [3.8, 4) is 11.8 Å². The first-order valence-electron chi connectivity index (χ1n) is 5.24. The highest BCUT2D eigenvalue weighted by Gasteiger charge is 2.27. The van der Waals surface area contributed by atoms with Gasteiger partial charge in [-0.15, -0.1) is 0 Å². The lowest BCUT2D eigenvalue weighted by Crippen LogP contribution is -2.13. The molecule has 7 nitrogen and oxygen atoms in total. The van der Waals surface area contributed by atoms with E-state index in [1.807, 2.05) is 0 Å². The molecule has 0 saturated carbocycles. The molecule has 17 heavy (non-hydrogen) atoms. The topological polar surface area (TPSA) is 87.4 Å². The molecule has 0 amide bonds. The standard InChI is InChI=1S/C10H15N3O4/c1-6(2)16-9-8(13(14)15)10(12-5-11-9)17-7(3)4/h5-7H,1-4H3. The molecule has 0 unspecified atom stereocenters. The minimum atomic E-state index is -0.602. The van der Waals surface area contributed by atoms with E-state index in [0.29, 0.717) is 0 Å². The van der Waals surface area contributed by atoms with Gasteiger partial charge in [0.1, 0.15) is 6.33 Å². The Bertz CT molecular complexity index is 378. The fourth-order valence-corrected chi connectivity index (χ4v) is 1.12. The van der Waals surface area contributed by atoms with E-state index >= 15 is 0 Å². The molecule has 94 valence electrons. The summed E-state index contributed by atoms with van der Waals surface area (Å²) in [7, 11) is 0. The van der Waals surface area contributed by atoms with Gasteiger partial charge >= 0.3 is 17.4 Å². The van der Waals surface area contributed by atoms with Crippen LogP contribution in [0.3, 0.4) is 0 Å². The Morgan fingerprint density at radius 1 is 1.12 bits per heavy atom. The summed E-state index contributed by atoms with van der Waals surface area (Å²) in [6.45, 7) is 7.03. The molecule has 1 aromatic heterocycles. The molecular formula is C10H15N3O4. The van der Waals surface area contributed by atoms with Gasteiger partial charge in [0.25, 0.3) is 0 Å². The van der Waals surface area contributed by atoms with Crippen molar-refractivity contribution in [2.45, 2.75) is 39.9 Å². The molecule has 7 heteroatoms. The van der Waals surface area contributed by atoms with Crippen molar-refractivity contribution in [3.63, 3.8) is 0 Å². The number of nitrogens with zero attached hydrogens (tertiary/aromatic N) is 3. The third-order valence-corrected chi connectivity index (χ3v) is 1.63. The zero-order chi connectivity index (χ0) is 13.0. The molecule has 0 aliphatic rings. The molecular weight excluding hydrogens is 226 g/mol. The van der Waals surface area contributed by atoms with E-state index in [2.05, 4.69) is 9.97 Å². The molecule has 1 heterocycles. The first kappa shape index (κ1) is 13.1. The van der Waals surface area contributed by atoms with E-state index in [1.165, 1.54) is 6.33 Å². The highest BCUT2D eigenvalue weighted by atomic mass is 16.6. The van der Waals surface area contributed by atoms with Crippen LogP contribution < -0.4 is 9.47 Å². The SMILES string of the molecule is CC(C)Oc1ncnc(OC(C)C)c1[N+](=O)[O-]. The van der Waals surface area contributed by atoms with Crippen LogP contribution in [-0.2, 0) is 0 Å². The largest absolute Gasteiger partial charge is 0.470 e.